The monoisotopic (exact) mass is 329 g/mol. The summed E-state index contributed by atoms with van der Waals surface area (Å²) in [6.45, 7) is 3.32. The van der Waals surface area contributed by atoms with E-state index in [0.717, 1.165) is 51.0 Å². The molecular weight excluding hydrogens is 302 g/mol. The number of allylic oxidation sites excluding steroid dienone is 1. The average molecular weight is 329 g/mol. The fourth-order valence-corrected chi connectivity index (χ4v) is 3.25. The third kappa shape index (κ3) is 5.35. The van der Waals surface area contributed by atoms with Crippen LogP contribution in [-0.4, -0.2) is 49.1 Å². The molecule has 1 amide bonds. The molecule has 1 aromatic rings. The Bertz CT molecular complexity index is 539. The Kier molecular flexibility index (Phi) is 6.26. The third-order valence-electron chi connectivity index (χ3n) is 4.67. The number of nitrogens with one attached hydrogen (secondary N) is 2. The summed E-state index contributed by atoms with van der Waals surface area (Å²) >= 11 is 0. The van der Waals surface area contributed by atoms with Crippen LogP contribution in [0.15, 0.2) is 42.7 Å². The molecule has 5 heteroatoms. The van der Waals surface area contributed by atoms with Crippen LogP contribution in [0.4, 0.5) is 5.69 Å². The van der Waals surface area contributed by atoms with Crippen molar-refractivity contribution >= 4 is 11.6 Å². The number of hydrogen-bond acceptors (Lipinski definition) is 4. The summed E-state index contributed by atoms with van der Waals surface area (Å²) in [5.41, 5.74) is 0.862. The lowest BCUT2D eigenvalue weighted by molar-refractivity contribution is -0.117. The maximum absolute atomic E-state index is 12.1. The fraction of sp³-hybridized carbons (Fsp3) is 0.526. The van der Waals surface area contributed by atoms with Gasteiger partial charge in [-0.15, -0.1) is 0 Å². The Hall–Kier alpha value is -1.85. The number of amides is 1. The van der Waals surface area contributed by atoms with Crippen molar-refractivity contribution in [2.45, 2.75) is 37.8 Å². The van der Waals surface area contributed by atoms with Crippen molar-refractivity contribution in [3.05, 3.63) is 42.7 Å². The van der Waals surface area contributed by atoms with E-state index in [0.29, 0.717) is 18.7 Å². The molecule has 2 N–H and O–H groups in total. The predicted molar refractivity (Wildman–Crippen MR) is 95.8 cm³/mol. The van der Waals surface area contributed by atoms with Crippen LogP contribution in [0.25, 0.3) is 0 Å². The summed E-state index contributed by atoms with van der Waals surface area (Å²) in [7, 11) is 0. The zero-order chi connectivity index (χ0) is 16.6. The molecule has 24 heavy (non-hydrogen) atoms. The Morgan fingerprint density at radius 3 is 2.67 bits per heavy atom. The summed E-state index contributed by atoms with van der Waals surface area (Å²) < 4.78 is 5.59. The van der Waals surface area contributed by atoms with Gasteiger partial charge in [0, 0.05) is 31.4 Å². The summed E-state index contributed by atoms with van der Waals surface area (Å²) in [5.74, 6) is 0.0648. The van der Waals surface area contributed by atoms with E-state index in [1.165, 1.54) is 0 Å². The van der Waals surface area contributed by atoms with Crippen molar-refractivity contribution in [1.29, 1.82) is 0 Å². The molecule has 0 spiro atoms. The van der Waals surface area contributed by atoms with Crippen molar-refractivity contribution in [2.75, 3.05) is 31.5 Å². The van der Waals surface area contributed by atoms with E-state index < -0.39 is 0 Å². The van der Waals surface area contributed by atoms with E-state index >= 15 is 0 Å². The topological polar surface area (TPSA) is 53.6 Å². The molecule has 3 rings (SSSR count). The van der Waals surface area contributed by atoms with Gasteiger partial charge < -0.3 is 15.4 Å². The summed E-state index contributed by atoms with van der Waals surface area (Å²) in [4.78, 5) is 14.3. The molecular formula is C19H27N3O2. The molecule has 0 radical (unpaired) electrons. The van der Waals surface area contributed by atoms with Crippen LogP contribution in [0.1, 0.15) is 25.7 Å². The molecule has 0 saturated carbocycles. The highest BCUT2D eigenvalue weighted by Crippen LogP contribution is 2.13. The summed E-state index contributed by atoms with van der Waals surface area (Å²) in [6.07, 6.45) is 8.59. The van der Waals surface area contributed by atoms with Crippen LogP contribution >= 0.6 is 0 Å². The lowest BCUT2D eigenvalue weighted by Crippen LogP contribution is -2.46. The molecule has 0 bridgehead atoms. The number of carbonyl (C=O) groups is 1. The minimum Gasteiger partial charge on any atom is -0.497 e. The van der Waals surface area contributed by atoms with Crippen LogP contribution < -0.4 is 10.6 Å². The van der Waals surface area contributed by atoms with Crippen LogP contribution in [-0.2, 0) is 9.53 Å². The van der Waals surface area contributed by atoms with Gasteiger partial charge >= 0.3 is 0 Å². The second-order valence-corrected chi connectivity index (χ2v) is 6.58. The molecule has 2 heterocycles. The Morgan fingerprint density at radius 1 is 1.17 bits per heavy atom. The van der Waals surface area contributed by atoms with E-state index in [1.54, 1.807) is 0 Å². The minimum absolute atomic E-state index is 0.0648. The molecule has 0 aromatic heterocycles. The SMILES string of the molecule is O=C(CN1CCC(NC[C@H]2CCC=CO2)CC1)Nc1ccccc1. The third-order valence-corrected chi connectivity index (χ3v) is 4.67. The maximum Gasteiger partial charge on any atom is 0.238 e. The molecule has 1 atom stereocenters. The van der Waals surface area contributed by atoms with Gasteiger partial charge in [0.25, 0.3) is 0 Å². The largest absolute Gasteiger partial charge is 0.497 e. The molecule has 0 unspecified atom stereocenters. The lowest BCUT2D eigenvalue weighted by Gasteiger charge is -2.33. The Morgan fingerprint density at radius 2 is 1.96 bits per heavy atom. The number of hydrogen-bond donors (Lipinski definition) is 2. The first kappa shape index (κ1) is 17.0. The van der Waals surface area contributed by atoms with E-state index in [2.05, 4.69) is 21.6 Å². The number of ether oxygens (including phenoxy) is 1. The lowest BCUT2D eigenvalue weighted by atomic mass is 10.0. The van der Waals surface area contributed by atoms with Gasteiger partial charge in [0.1, 0.15) is 6.10 Å². The predicted octanol–water partition coefficient (Wildman–Crippen LogP) is 2.37. The molecule has 1 saturated heterocycles. The molecule has 1 fully saturated rings. The smallest absolute Gasteiger partial charge is 0.238 e. The van der Waals surface area contributed by atoms with Gasteiger partial charge in [-0.1, -0.05) is 18.2 Å². The Balaban J connectivity index is 1.33. The van der Waals surface area contributed by atoms with Crippen LogP contribution in [0, 0.1) is 0 Å². The van der Waals surface area contributed by atoms with E-state index in [-0.39, 0.29) is 5.91 Å². The molecule has 0 aliphatic carbocycles. The standard InChI is InChI=1S/C19H27N3O2/c23-19(21-17-6-2-1-3-7-17)15-22-11-9-16(10-12-22)20-14-18-8-4-5-13-24-18/h1-3,5-7,13,16,18,20H,4,8-12,14-15H2,(H,21,23)/t18-/m1/s1. The van der Waals surface area contributed by atoms with Gasteiger partial charge in [-0.05, 0) is 43.9 Å². The Labute approximate surface area is 144 Å². The van der Waals surface area contributed by atoms with Gasteiger partial charge in [-0.25, -0.2) is 0 Å². The van der Waals surface area contributed by atoms with Crippen molar-refractivity contribution in [1.82, 2.24) is 10.2 Å². The molecule has 130 valence electrons. The van der Waals surface area contributed by atoms with Crippen molar-refractivity contribution in [3.8, 4) is 0 Å². The number of anilines is 1. The minimum atomic E-state index is 0.0648. The van der Waals surface area contributed by atoms with Crippen LogP contribution in [0.3, 0.4) is 0 Å². The molecule has 5 nitrogen and oxygen atoms in total. The fourth-order valence-electron chi connectivity index (χ4n) is 3.25. The number of likely N-dealkylation sites (tertiary alicyclic amines) is 1. The second kappa shape index (κ2) is 8.85. The number of nitrogens with zero attached hydrogens (tertiary/aromatic N) is 1. The molecule has 2 aliphatic rings. The summed E-state index contributed by atoms with van der Waals surface area (Å²) in [6, 6.07) is 10.2. The van der Waals surface area contributed by atoms with Gasteiger partial charge in [-0.3, -0.25) is 9.69 Å². The normalized spacial score (nSPS) is 22.1. The maximum atomic E-state index is 12.1. The number of rotatable bonds is 6. The average Bonchev–Trinajstić information content (AvgIpc) is 2.63. The highest BCUT2D eigenvalue weighted by molar-refractivity contribution is 5.92. The van der Waals surface area contributed by atoms with Crippen molar-refractivity contribution in [2.24, 2.45) is 0 Å². The van der Waals surface area contributed by atoms with E-state index in [4.69, 9.17) is 4.74 Å². The number of carbonyl (C=O) groups excluding carboxylic acids is 1. The van der Waals surface area contributed by atoms with Gasteiger partial charge in [-0.2, -0.15) is 0 Å². The highest BCUT2D eigenvalue weighted by atomic mass is 16.5. The number of piperidine rings is 1. The first-order valence-electron chi connectivity index (χ1n) is 8.91. The van der Waals surface area contributed by atoms with Crippen LogP contribution in [0.5, 0.6) is 0 Å². The quantitative estimate of drug-likeness (QED) is 0.841. The van der Waals surface area contributed by atoms with Gasteiger partial charge in [0.15, 0.2) is 0 Å². The van der Waals surface area contributed by atoms with Gasteiger partial charge in [0.05, 0.1) is 12.8 Å². The molecule has 2 aliphatic heterocycles. The second-order valence-electron chi connectivity index (χ2n) is 6.58. The summed E-state index contributed by atoms with van der Waals surface area (Å²) in [5, 5.41) is 6.57. The number of benzene rings is 1. The number of para-hydroxylation sites is 1. The zero-order valence-electron chi connectivity index (χ0n) is 14.1. The van der Waals surface area contributed by atoms with Crippen LogP contribution in [0.2, 0.25) is 0 Å². The highest BCUT2D eigenvalue weighted by Gasteiger charge is 2.21. The zero-order valence-corrected chi connectivity index (χ0v) is 14.1. The van der Waals surface area contributed by atoms with E-state index in [1.807, 2.05) is 36.6 Å². The molecule has 1 aromatic carbocycles. The van der Waals surface area contributed by atoms with Gasteiger partial charge in [0.2, 0.25) is 5.91 Å². The first-order valence-corrected chi connectivity index (χ1v) is 8.91. The van der Waals surface area contributed by atoms with Crippen molar-refractivity contribution in [3.63, 3.8) is 0 Å². The van der Waals surface area contributed by atoms with E-state index in [9.17, 15) is 4.79 Å². The first-order chi connectivity index (χ1) is 11.8. The van der Waals surface area contributed by atoms with Crippen molar-refractivity contribution < 1.29 is 9.53 Å².